The van der Waals surface area contributed by atoms with Crippen molar-refractivity contribution in [2.24, 2.45) is 0 Å². The number of nitrogens with zero attached hydrogens (tertiary/aromatic N) is 1. The largest absolute Gasteiger partial charge is 0.388 e. The maximum Gasteiger partial charge on any atom is 0.0897 e. The van der Waals surface area contributed by atoms with Crippen LogP contribution in [0.3, 0.4) is 0 Å². The molecule has 0 fully saturated rings. The van der Waals surface area contributed by atoms with Crippen molar-refractivity contribution in [1.29, 1.82) is 0 Å². The number of hydrogen-bond donors (Lipinski definition) is 1. The van der Waals surface area contributed by atoms with Crippen molar-refractivity contribution >= 4 is 23.1 Å². The molecule has 1 N–H and O–H groups in total. The predicted molar refractivity (Wildman–Crippen MR) is 73.7 cm³/mol. The van der Waals surface area contributed by atoms with Gasteiger partial charge in [0.1, 0.15) is 0 Å². The van der Waals surface area contributed by atoms with Crippen molar-refractivity contribution in [2.45, 2.75) is 24.3 Å². The van der Waals surface area contributed by atoms with E-state index in [-0.39, 0.29) is 0 Å². The molecule has 0 spiro atoms. The number of aliphatic hydroxyl groups is 1. The molecule has 0 amide bonds. The minimum absolute atomic E-state index is 0.465. The number of thiazole rings is 1. The molecule has 2 rings (SSSR count). The minimum atomic E-state index is -0.465. The first-order chi connectivity index (χ1) is 8.19. The van der Waals surface area contributed by atoms with E-state index < -0.39 is 6.10 Å². The van der Waals surface area contributed by atoms with Gasteiger partial charge in [-0.25, -0.2) is 4.98 Å². The van der Waals surface area contributed by atoms with Gasteiger partial charge in [-0.3, -0.25) is 0 Å². The minimum Gasteiger partial charge on any atom is -0.388 e. The average molecular weight is 265 g/mol. The van der Waals surface area contributed by atoms with E-state index in [1.807, 2.05) is 42.8 Å². The summed E-state index contributed by atoms with van der Waals surface area (Å²) in [6, 6.07) is 8.04. The molecule has 0 radical (unpaired) electrons. The number of aliphatic hydroxyl groups excluding tert-OH is 1. The number of aryl methyl sites for hydroxylation is 1. The number of hydrogen-bond acceptors (Lipinski definition) is 4. The third-order valence-electron chi connectivity index (χ3n) is 2.57. The van der Waals surface area contributed by atoms with E-state index >= 15 is 0 Å². The summed E-state index contributed by atoms with van der Waals surface area (Å²) in [5.41, 5.74) is 1.92. The average Bonchev–Trinajstić information content (AvgIpc) is 2.75. The Labute approximate surface area is 110 Å². The fourth-order valence-corrected chi connectivity index (χ4v) is 2.68. The van der Waals surface area contributed by atoms with E-state index in [2.05, 4.69) is 4.98 Å². The van der Waals surface area contributed by atoms with Crippen molar-refractivity contribution in [2.75, 3.05) is 6.26 Å². The van der Waals surface area contributed by atoms with Gasteiger partial charge in [0.15, 0.2) is 0 Å². The van der Waals surface area contributed by atoms with E-state index in [4.69, 9.17) is 0 Å². The Hall–Kier alpha value is -0.840. The van der Waals surface area contributed by atoms with Gasteiger partial charge in [-0.05, 0) is 30.9 Å². The lowest BCUT2D eigenvalue weighted by atomic mass is 10.1. The van der Waals surface area contributed by atoms with E-state index in [1.54, 1.807) is 23.1 Å². The Balaban J connectivity index is 2.06. The third-order valence-corrected chi connectivity index (χ3v) is 4.14. The summed E-state index contributed by atoms with van der Waals surface area (Å²) < 4.78 is 0. The second-order valence-corrected chi connectivity index (χ2v) is 5.79. The number of aromatic nitrogens is 1. The van der Waals surface area contributed by atoms with E-state index in [9.17, 15) is 5.11 Å². The predicted octanol–water partition coefficient (Wildman–Crippen LogP) is 3.45. The highest BCUT2D eigenvalue weighted by Crippen LogP contribution is 2.22. The van der Waals surface area contributed by atoms with Gasteiger partial charge in [0.2, 0.25) is 0 Å². The zero-order valence-electron chi connectivity index (χ0n) is 9.88. The molecule has 0 bridgehead atoms. The molecule has 2 nitrogen and oxygen atoms in total. The molecule has 17 heavy (non-hydrogen) atoms. The highest BCUT2D eigenvalue weighted by molar-refractivity contribution is 7.98. The van der Waals surface area contributed by atoms with Crippen molar-refractivity contribution < 1.29 is 5.11 Å². The summed E-state index contributed by atoms with van der Waals surface area (Å²) in [5.74, 6) is 0. The van der Waals surface area contributed by atoms with Gasteiger partial charge >= 0.3 is 0 Å². The van der Waals surface area contributed by atoms with Gasteiger partial charge in [0.05, 0.1) is 16.8 Å². The number of rotatable bonds is 4. The summed E-state index contributed by atoms with van der Waals surface area (Å²) in [6.45, 7) is 1.98. The molecule has 0 aliphatic rings. The van der Waals surface area contributed by atoms with Crippen LogP contribution in [0.25, 0.3) is 0 Å². The van der Waals surface area contributed by atoms with Crippen LogP contribution in [0.5, 0.6) is 0 Å². The molecule has 90 valence electrons. The zero-order valence-corrected chi connectivity index (χ0v) is 11.5. The molecule has 1 heterocycles. The topological polar surface area (TPSA) is 33.1 Å². The molecular formula is C13H15NOS2. The first-order valence-electron chi connectivity index (χ1n) is 5.42. The molecule has 0 aliphatic carbocycles. The summed E-state index contributed by atoms with van der Waals surface area (Å²) in [4.78, 5) is 5.58. The number of benzene rings is 1. The Morgan fingerprint density at radius 1 is 1.35 bits per heavy atom. The van der Waals surface area contributed by atoms with Crippen LogP contribution in [0.15, 0.2) is 34.5 Å². The molecule has 0 aliphatic heterocycles. The summed E-state index contributed by atoms with van der Waals surface area (Å²) in [7, 11) is 0. The lowest BCUT2D eigenvalue weighted by molar-refractivity contribution is 0.177. The lowest BCUT2D eigenvalue weighted by Crippen LogP contribution is -2.01. The fourth-order valence-electron chi connectivity index (χ4n) is 1.64. The van der Waals surface area contributed by atoms with Crippen molar-refractivity contribution in [3.05, 3.63) is 45.9 Å². The summed E-state index contributed by atoms with van der Waals surface area (Å²) >= 11 is 3.33. The van der Waals surface area contributed by atoms with Crippen LogP contribution >= 0.6 is 23.1 Å². The molecule has 1 atom stereocenters. The first-order valence-corrected chi connectivity index (χ1v) is 7.52. The van der Waals surface area contributed by atoms with E-state index in [0.717, 1.165) is 16.3 Å². The first kappa shape index (κ1) is 12.6. The van der Waals surface area contributed by atoms with Crippen molar-refractivity contribution in [1.82, 2.24) is 4.98 Å². The highest BCUT2D eigenvalue weighted by atomic mass is 32.2. The van der Waals surface area contributed by atoms with Crippen LogP contribution < -0.4 is 0 Å². The molecule has 0 saturated carbocycles. The normalized spacial score (nSPS) is 12.6. The Kier molecular flexibility index (Phi) is 4.20. The smallest absolute Gasteiger partial charge is 0.0897 e. The van der Waals surface area contributed by atoms with Crippen LogP contribution in [-0.2, 0) is 6.42 Å². The molecular weight excluding hydrogens is 250 g/mol. The maximum atomic E-state index is 10.1. The van der Waals surface area contributed by atoms with E-state index in [0.29, 0.717) is 6.42 Å². The van der Waals surface area contributed by atoms with Gasteiger partial charge in [0.25, 0.3) is 0 Å². The highest BCUT2D eigenvalue weighted by Gasteiger charge is 2.10. The molecule has 1 aromatic heterocycles. The quantitative estimate of drug-likeness (QED) is 0.860. The Bertz CT molecular complexity index is 478. The van der Waals surface area contributed by atoms with Gasteiger partial charge in [-0.2, -0.15) is 0 Å². The standard InChI is InChI=1S/C13H15NOS2/c1-9-14-11(8-17-9)7-13(15)10-3-5-12(16-2)6-4-10/h3-6,8,13,15H,7H2,1-2H3. The summed E-state index contributed by atoms with van der Waals surface area (Å²) in [5, 5.41) is 13.2. The molecule has 2 aromatic rings. The monoisotopic (exact) mass is 265 g/mol. The SMILES string of the molecule is CSc1ccc(C(O)Cc2csc(C)n2)cc1. The Morgan fingerprint density at radius 3 is 2.59 bits per heavy atom. The second kappa shape index (κ2) is 5.67. The van der Waals surface area contributed by atoms with Crippen LogP contribution in [0.2, 0.25) is 0 Å². The van der Waals surface area contributed by atoms with Crippen LogP contribution in [0.1, 0.15) is 22.4 Å². The van der Waals surface area contributed by atoms with Crippen molar-refractivity contribution in [3.63, 3.8) is 0 Å². The van der Waals surface area contributed by atoms with Crippen LogP contribution in [-0.4, -0.2) is 16.3 Å². The van der Waals surface area contributed by atoms with Gasteiger partial charge < -0.3 is 5.11 Å². The van der Waals surface area contributed by atoms with Gasteiger partial charge in [-0.15, -0.1) is 23.1 Å². The Morgan fingerprint density at radius 2 is 2.06 bits per heavy atom. The second-order valence-electron chi connectivity index (χ2n) is 3.85. The maximum absolute atomic E-state index is 10.1. The molecule has 1 aromatic carbocycles. The summed E-state index contributed by atoms with van der Waals surface area (Å²) in [6.07, 6.45) is 2.17. The van der Waals surface area contributed by atoms with E-state index in [1.165, 1.54) is 4.90 Å². The van der Waals surface area contributed by atoms with Crippen LogP contribution in [0, 0.1) is 6.92 Å². The molecule has 4 heteroatoms. The van der Waals surface area contributed by atoms with Gasteiger partial charge in [-0.1, -0.05) is 12.1 Å². The molecule has 0 saturated heterocycles. The van der Waals surface area contributed by atoms with Crippen LogP contribution in [0.4, 0.5) is 0 Å². The lowest BCUT2D eigenvalue weighted by Gasteiger charge is -2.09. The zero-order chi connectivity index (χ0) is 12.3. The van der Waals surface area contributed by atoms with Crippen molar-refractivity contribution in [3.8, 4) is 0 Å². The molecule has 1 unspecified atom stereocenters. The number of thioether (sulfide) groups is 1. The van der Waals surface area contributed by atoms with Gasteiger partial charge in [0, 0.05) is 16.7 Å². The fraction of sp³-hybridized carbons (Fsp3) is 0.308. The third kappa shape index (κ3) is 3.31.